The maximum absolute atomic E-state index is 12.4. The number of carbonyl (C=O) groups excluding carboxylic acids is 1. The highest BCUT2D eigenvalue weighted by molar-refractivity contribution is 6.33. The van der Waals surface area contributed by atoms with Crippen LogP contribution < -0.4 is 5.32 Å². The Balaban J connectivity index is 1.39. The number of halogens is 1. The zero-order chi connectivity index (χ0) is 19.9. The molecule has 0 aromatic heterocycles. The second-order valence-electron chi connectivity index (χ2n) is 7.93. The van der Waals surface area contributed by atoms with Crippen LogP contribution >= 0.6 is 11.6 Å². The summed E-state index contributed by atoms with van der Waals surface area (Å²) in [7, 11) is 2.19. The lowest BCUT2D eigenvalue weighted by Gasteiger charge is -2.33. The first kappa shape index (κ1) is 20.8. The molecule has 1 aliphatic rings. The fourth-order valence-corrected chi connectivity index (χ4v) is 4.12. The van der Waals surface area contributed by atoms with E-state index in [9.17, 15) is 4.79 Å². The van der Waals surface area contributed by atoms with Gasteiger partial charge in [0.25, 0.3) is 0 Å². The van der Waals surface area contributed by atoms with Gasteiger partial charge in [-0.2, -0.15) is 0 Å². The highest BCUT2D eigenvalue weighted by Crippen LogP contribution is 2.23. The van der Waals surface area contributed by atoms with Crippen LogP contribution in [0.25, 0.3) is 0 Å². The third kappa shape index (κ3) is 6.33. The summed E-state index contributed by atoms with van der Waals surface area (Å²) >= 11 is 6.21. The van der Waals surface area contributed by atoms with Crippen molar-refractivity contribution in [3.8, 4) is 0 Å². The van der Waals surface area contributed by atoms with Crippen molar-refractivity contribution in [1.82, 2.24) is 9.80 Å². The van der Waals surface area contributed by atoms with Crippen LogP contribution in [0.2, 0.25) is 5.02 Å². The van der Waals surface area contributed by atoms with Crippen LogP contribution in [0.5, 0.6) is 0 Å². The molecule has 0 spiro atoms. The van der Waals surface area contributed by atoms with E-state index in [1.54, 1.807) is 0 Å². The van der Waals surface area contributed by atoms with Gasteiger partial charge >= 0.3 is 0 Å². The van der Waals surface area contributed by atoms with Crippen LogP contribution in [0.1, 0.15) is 24.0 Å². The topological polar surface area (TPSA) is 35.6 Å². The maximum Gasteiger partial charge on any atom is 0.238 e. The van der Waals surface area contributed by atoms with Gasteiger partial charge in [-0.05, 0) is 69.1 Å². The molecule has 5 heteroatoms. The predicted molar refractivity (Wildman–Crippen MR) is 117 cm³/mol. The number of nitrogens with one attached hydrogen (secondary N) is 1. The van der Waals surface area contributed by atoms with Gasteiger partial charge in [-0.15, -0.1) is 0 Å². The van der Waals surface area contributed by atoms with Crippen molar-refractivity contribution >= 4 is 23.2 Å². The minimum atomic E-state index is 0.00500. The Hall–Kier alpha value is -1.88. The van der Waals surface area contributed by atoms with Crippen molar-refractivity contribution < 1.29 is 4.79 Å². The third-order valence-corrected chi connectivity index (χ3v) is 5.65. The number of anilines is 1. The molecule has 0 saturated carbocycles. The second-order valence-corrected chi connectivity index (χ2v) is 8.34. The number of benzene rings is 2. The Morgan fingerprint density at radius 1 is 1.18 bits per heavy atom. The normalized spacial score (nSPS) is 15.7. The first-order chi connectivity index (χ1) is 13.5. The van der Waals surface area contributed by atoms with Gasteiger partial charge < -0.3 is 10.2 Å². The molecular weight excluding hydrogens is 370 g/mol. The van der Waals surface area contributed by atoms with E-state index >= 15 is 0 Å². The Labute approximate surface area is 173 Å². The molecule has 1 aliphatic heterocycles. The van der Waals surface area contributed by atoms with Crippen LogP contribution in [0, 0.1) is 12.8 Å². The molecule has 0 aliphatic carbocycles. The lowest BCUT2D eigenvalue weighted by atomic mass is 9.96. The molecule has 0 unspecified atom stereocenters. The third-order valence-electron chi connectivity index (χ3n) is 5.34. The average molecular weight is 400 g/mol. The van der Waals surface area contributed by atoms with E-state index in [0.29, 0.717) is 23.2 Å². The molecule has 0 radical (unpaired) electrons. The van der Waals surface area contributed by atoms with Crippen molar-refractivity contribution in [2.75, 3.05) is 38.5 Å². The summed E-state index contributed by atoms with van der Waals surface area (Å²) in [4.78, 5) is 17.0. The number of hydrogen-bond acceptors (Lipinski definition) is 3. The molecular formula is C23H30ClN3O. The highest BCUT2D eigenvalue weighted by atomic mass is 35.5. The Bertz CT molecular complexity index is 773. The Kier molecular flexibility index (Phi) is 7.49. The van der Waals surface area contributed by atoms with Crippen molar-refractivity contribution in [2.45, 2.75) is 26.3 Å². The molecule has 4 nitrogen and oxygen atoms in total. The summed E-state index contributed by atoms with van der Waals surface area (Å²) in [5.74, 6) is 0.699. The van der Waals surface area contributed by atoms with Crippen LogP contribution in [0.15, 0.2) is 48.5 Å². The molecule has 2 aromatic carbocycles. The molecule has 1 saturated heterocycles. The van der Waals surface area contributed by atoms with Gasteiger partial charge in [0.2, 0.25) is 5.91 Å². The zero-order valence-corrected chi connectivity index (χ0v) is 17.6. The van der Waals surface area contributed by atoms with Gasteiger partial charge in [0.1, 0.15) is 0 Å². The Morgan fingerprint density at radius 3 is 2.57 bits per heavy atom. The van der Waals surface area contributed by atoms with Crippen molar-refractivity contribution in [1.29, 1.82) is 0 Å². The molecule has 150 valence electrons. The molecule has 28 heavy (non-hydrogen) atoms. The lowest BCUT2D eigenvalue weighted by molar-refractivity contribution is -0.117. The summed E-state index contributed by atoms with van der Waals surface area (Å²) in [6.07, 6.45) is 2.27. The highest BCUT2D eigenvalue weighted by Gasteiger charge is 2.22. The summed E-state index contributed by atoms with van der Waals surface area (Å²) in [5, 5.41) is 3.53. The van der Waals surface area contributed by atoms with Crippen LogP contribution in [0.4, 0.5) is 5.69 Å². The van der Waals surface area contributed by atoms with E-state index in [1.165, 1.54) is 5.56 Å². The summed E-state index contributed by atoms with van der Waals surface area (Å²) in [6, 6.07) is 16.3. The van der Waals surface area contributed by atoms with E-state index in [-0.39, 0.29) is 5.91 Å². The second kappa shape index (κ2) is 10.1. The predicted octanol–water partition coefficient (Wildman–Crippen LogP) is 4.43. The van der Waals surface area contributed by atoms with Gasteiger partial charge in [-0.25, -0.2) is 0 Å². The maximum atomic E-state index is 12.4. The van der Waals surface area contributed by atoms with Crippen LogP contribution in [-0.2, 0) is 11.3 Å². The van der Waals surface area contributed by atoms with Crippen LogP contribution in [-0.4, -0.2) is 48.9 Å². The van der Waals surface area contributed by atoms with Crippen LogP contribution in [0.3, 0.4) is 0 Å². The minimum Gasteiger partial charge on any atom is -0.324 e. The first-order valence-corrected chi connectivity index (χ1v) is 10.4. The molecule has 0 atom stereocenters. The lowest BCUT2D eigenvalue weighted by Crippen LogP contribution is -2.41. The molecule has 0 bridgehead atoms. The first-order valence-electron chi connectivity index (χ1n) is 10.0. The van der Waals surface area contributed by atoms with Gasteiger partial charge in [-0.1, -0.05) is 48.0 Å². The smallest absolute Gasteiger partial charge is 0.238 e. The number of nitrogens with zero attached hydrogens (tertiary/aromatic N) is 2. The molecule has 1 N–H and O–H groups in total. The summed E-state index contributed by atoms with van der Waals surface area (Å²) in [6.45, 7) is 6.45. The molecule has 1 fully saturated rings. The Morgan fingerprint density at radius 2 is 1.89 bits per heavy atom. The van der Waals surface area contributed by atoms with Crippen molar-refractivity contribution in [3.05, 3.63) is 64.7 Å². The standard InChI is InChI=1S/C23H30ClN3O/c1-18-8-9-22(21(24)14-18)25-23(28)17-27-12-10-20(11-13-27)16-26(2)15-19-6-4-3-5-7-19/h3-9,14,20H,10-13,15-17H2,1-2H3,(H,25,28). The number of hydrogen-bond donors (Lipinski definition) is 1. The fourth-order valence-electron chi connectivity index (χ4n) is 3.84. The molecule has 2 aromatic rings. The van der Waals surface area contributed by atoms with Crippen molar-refractivity contribution in [2.24, 2.45) is 5.92 Å². The SMILES string of the molecule is Cc1ccc(NC(=O)CN2CCC(CN(C)Cc3ccccc3)CC2)c(Cl)c1. The number of likely N-dealkylation sites (tertiary alicyclic amines) is 1. The number of carbonyl (C=O) groups is 1. The van der Waals surface area contributed by atoms with Gasteiger partial charge in [0.15, 0.2) is 0 Å². The zero-order valence-electron chi connectivity index (χ0n) is 16.8. The summed E-state index contributed by atoms with van der Waals surface area (Å²) < 4.78 is 0. The number of amides is 1. The number of aryl methyl sites for hydroxylation is 1. The molecule has 1 heterocycles. The van der Waals surface area contributed by atoms with E-state index in [2.05, 4.69) is 52.5 Å². The van der Waals surface area contributed by atoms with E-state index < -0.39 is 0 Å². The van der Waals surface area contributed by atoms with Gasteiger partial charge in [0, 0.05) is 13.1 Å². The van der Waals surface area contributed by atoms with E-state index in [4.69, 9.17) is 11.6 Å². The quantitative estimate of drug-likeness (QED) is 0.748. The van der Waals surface area contributed by atoms with Gasteiger partial charge in [-0.3, -0.25) is 9.69 Å². The average Bonchev–Trinajstić information content (AvgIpc) is 2.66. The fraction of sp³-hybridized carbons (Fsp3) is 0.435. The number of rotatable bonds is 7. The van der Waals surface area contributed by atoms with Crippen molar-refractivity contribution in [3.63, 3.8) is 0 Å². The largest absolute Gasteiger partial charge is 0.324 e. The van der Waals surface area contributed by atoms with Gasteiger partial charge in [0.05, 0.1) is 17.3 Å². The van der Waals surface area contributed by atoms with E-state index in [1.807, 2.05) is 25.1 Å². The molecule has 1 amide bonds. The number of piperidine rings is 1. The monoisotopic (exact) mass is 399 g/mol. The molecule has 3 rings (SSSR count). The van der Waals surface area contributed by atoms with E-state index in [0.717, 1.165) is 44.6 Å². The summed E-state index contributed by atoms with van der Waals surface area (Å²) in [5.41, 5.74) is 3.13. The minimum absolute atomic E-state index is 0.00500.